The molecule has 1 rings (SSSR count). The van der Waals surface area contributed by atoms with Crippen LogP contribution < -0.4 is 5.32 Å². The number of nitrogens with one attached hydrogen (secondary N) is 1. The van der Waals surface area contributed by atoms with Crippen LogP contribution in [-0.2, 0) is 4.79 Å². The van der Waals surface area contributed by atoms with Crippen molar-refractivity contribution in [3.63, 3.8) is 0 Å². The molecule has 1 aliphatic carbocycles. The van der Waals surface area contributed by atoms with Gasteiger partial charge in [-0.3, -0.25) is 4.79 Å². The quantitative estimate of drug-likeness (QED) is 0.704. The maximum Gasteiger partial charge on any atom is 0.220 e. The van der Waals surface area contributed by atoms with Crippen molar-refractivity contribution < 1.29 is 9.90 Å². The Bertz CT molecular complexity index is 207. The molecule has 1 fully saturated rings. The summed E-state index contributed by atoms with van der Waals surface area (Å²) in [6.07, 6.45) is 3.04. The van der Waals surface area contributed by atoms with E-state index in [1.807, 2.05) is 0 Å². The molecule has 0 aromatic heterocycles. The van der Waals surface area contributed by atoms with Gasteiger partial charge in [0.05, 0.1) is 6.10 Å². The summed E-state index contributed by atoms with van der Waals surface area (Å²) in [5.74, 6) is 0.709. The molecule has 0 aromatic rings. The van der Waals surface area contributed by atoms with Crippen molar-refractivity contribution in [1.29, 1.82) is 0 Å². The van der Waals surface area contributed by atoms with Gasteiger partial charge in [0.25, 0.3) is 0 Å². The summed E-state index contributed by atoms with van der Waals surface area (Å²) in [5.41, 5.74) is -0.0597. The Hall–Kier alpha value is -0.570. The van der Waals surface area contributed by atoms with E-state index in [2.05, 4.69) is 19.2 Å². The Balaban J connectivity index is 2.25. The fourth-order valence-corrected chi connectivity index (χ4v) is 1.67. The number of aliphatic hydroxyl groups excluding tert-OH is 1. The van der Waals surface area contributed by atoms with Crippen LogP contribution in [0, 0.1) is 5.92 Å². The molecule has 1 unspecified atom stereocenters. The van der Waals surface area contributed by atoms with Crippen molar-refractivity contribution in [2.75, 3.05) is 0 Å². The van der Waals surface area contributed by atoms with Gasteiger partial charge in [-0.1, -0.05) is 0 Å². The largest absolute Gasteiger partial charge is 0.393 e. The maximum absolute atomic E-state index is 11.5. The highest BCUT2D eigenvalue weighted by molar-refractivity contribution is 5.76. The lowest BCUT2D eigenvalue weighted by molar-refractivity contribution is -0.123. The third-order valence-electron chi connectivity index (χ3n) is 2.85. The molecular weight excluding hydrogens is 178 g/mol. The van der Waals surface area contributed by atoms with Crippen LogP contribution in [0.15, 0.2) is 0 Å². The second-order valence-corrected chi connectivity index (χ2v) is 4.93. The van der Waals surface area contributed by atoms with E-state index in [0.717, 1.165) is 0 Å². The Kier molecular flexibility index (Phi) is 3.53. The second kappa shape index (κ2) is 4.30. The van der Waals surface area contributed by atoms with E-state index in [-0.39, 0.29) is 17.6 Å². The predicted octanol–water partition coefficient (Wildman–Crippen LogP) is 1.45. The average Bonchev–Trinajstić information content (AvgIpc) is 2.81. The van der Waals surface area contributed by atoms with Crippen LogP contribution >= 0.6 is 0 Å². The first-order valence-electron chi connectivity index (χ1n) is 5.41. The van der Waals surface area contributed by atoms with Gasteiger partial charge in [0.1, 0.15) is 0 Å². The minimum Gasteiger partial charge on any atom is -0.393 e. The van der Waals surface area contributed by atoms with Gasteiger partial charge in [0.15, 0.2) is 0 Å². The molecule has 82 valence electrons. The average molecular weight is 199 g/mol. The SMILES string of the molecule is CC(O)CCC(=O)NC(C)(C)C1CC1. The number of amides is 1. The first-order valence-corrected chi connectivity index (χ1v) is 5.41. The molecule has 0 saturated heterocycles. The predicted molar refractivity (Wildman–Crippen MR) is 55.9 cm³/mol. The van der Waals surface area contributed by atoms with E-state index in [0.29, 0.717) is 18.8 Å². The minimum absolute atomic E-state index is 0.0581. The number of hydrogen-bond acceptors (Lipinski definition) is 2. The van der Waals surface area contributed by atoms with Crippen LogP contribution in [0.4, 0.5) is 0 Å². The zero-order valence-electron chi connectivity index (χ0n) is 9.34. The molecule has 0 aliphatic heterocycles. The van der Waals surface area contributed by atoms with E-state index < -0.39 is 0 Å². The summed E-state index contributed by atoms with van der Waals surface area (Å²) in [6.45, 7) is 5.86. The van der Waals surface area contributed by atoms with E-state index >= 15 is 0 Å². The highest BCUT2D eigenvalue weighted by Crippen LogP contribution is 2.39. The van der Waals surface area contributed by atoms with Gasteiger partial charge < -0.3 is 10.4 Å². The first-order chi connectivity index (χ1) is 6.42. The van der Waals surface area contributed by atoms with Gasteiger partial charge in [0, 0.05) is 12.0 Å². The minimum atomic E-state index is -0.384. The molecule has 1 saturated carbocycles. The summed E-state index contributed by atoms with van der Waals surface area (Å²) in [4.78, 5) is 11.5. The van der Waals surface area contributed by atoms with Gasteiger partial charge in [-0.25, -0.2) is 0 Å². The lowest BCUT2D eigenvalue weighted by Crippen LogP contribution is -2.45. The van der Waals surface area contributed by atoms with Crippen LogP contribution in [-0.4, -0.2) is 22.7 Å². The van der Waals surface area contributed by atoms with E-state index in [1.165, 1.54) is 12.8 Å². The summed E-state index contributed by atoms with van der Waals surface area (Å²) in [5, 5.41) is 12.1. The number of carbonyl (C=O) groups is 1. The molecule has 3 heteroatoms. The zero-order valence-corrected chi connectivity index (χ0v) is 9.34. The smallest absolute Gasteiger partial charge is 0.220 e. The van der Waals surface area contributed by atoms with Crippen LogP contribution in [0.1, 0.15) is 46.5 Å². The van der Waals surface area contributed by atoms with Crippen molar-refractivity contribution >= 4 is 5.91 Å². The molecule has 0 aromatic carbocycles. The molecular formula is C11H21NO2. The van der Waals surface area contributed by atoms with Crippen LogP contribution in [0.3, 0.4) is 0 Å². The first kappa shape index (κ1) is 11.5. The fraction of sp³-hybridized carbons (Fsp3) is 0.909. The third kappa shape index (κ3) is 3.66. The number of hydrogen-bond donors (Lipinski definition) is 2. The third-order valence-corrected chi connectivity index (χ3v) is 2.85. The summed E-state index contributed by atoms with van der Waals surface area (Å²) in [7, 11) is 0. The summed E-state index contributed by atoms with van der Waals surface area (Å²) >= 11 is 0. The highest BCUT2D eigenvalue weighted by atomic mass is 16.3. The fourth-order valence-electron chi connectivity index (χ4n) is 1.67. The van der Waals surface area contributed by atoms with Crippen molar-refractivity contribution in [1.82, 2.24) is 5.32 Å². The number of rotatable bonds is 5. The van der Waals surface area contributed by atoms with Gasteiger partial charge >= 0.3 is 0 Å². The number of carbonyl (C=O) groups excluding carboxylic acids is 1. The van der Waals surface area contributed by atoms with Gasteiger partial charge in [0.2, 0.25) is 5.91 Å². The molecule has 0 heterocycles. The Labute approximate surface area is 85.9 Å². The lowest BCUT2D eigenvalue weighted by atomic mass is 9.98. The standard InChI is InChI=1S/C11H21NO2/c1-8(13)4-7-10(14)12-11(2,3)9-5-6-9/h8-9,13H,4-7H2,1-3H3,(H,12,14). The molecule has 14 heavy (non-hydrogen) atoms. The van der Waals surface area contributed by atoms with E-state index in [1.54, 1.807) is 6.92 Å². The van der Waals surface area contributed by atoms with E-state index in [9.17, 15) is 4.79 Å². The molecule has 0 spiro atoms. The molecule has 2 N–H and O–H groups in total. The van der Waals surface area contributed by atoms with Crippen LogP contribution in [0.2, 0.25) is 0 Å². The van der Waals surface area contributed by atoms with Crippen molar-refractivity contribution in [2.24, 2.45) is 5.92 Å². The molecule has 1 atom stereocenters. The molecule has 1 aliphatic rings. The Morgan fingerprint density at radius 2 is 2.14 bits per heavy atom. The van der Waals surface area contributed by atoms with Crippen LogP contribution in [0.25, 0.3) is 0 Å². The van der Waals surface area contributed by atoms with Gasteiger partial charge in [-0.05, 0) is 46.0 Å². The topological polar surface area (TPSA) is 49.3 Å². The summed E-state index contributed by atoms with van der Waals surface area (Å²) < 4.78 is 0. The van der Waals surface area contributed by atoms with Crippen molar-refractivity contribution in [3.05, 3.63) is 0 Å². The van der Waals surface area contributed by atoms with Crippen LogP contribution in [0.5, 0.6) is 0 Å². The Morgan fingerprint density at radius 3 is 2.57 bits per heavy atom. The molecule has 1 amide bonds. The van der Waals surface area contributed by atoms with Gasteiger partial charge in [-0.2, -0.15) is 0 Å². The molecule has 3 nitrogen and oxygen atoms in total. The number of aliphatic hydroxyl groups is 1. The molecule has 0 bridgehead atoms. The van der Waals surface area contributed by atoms with E-state index in [4.69, 9.17) is 5.11 Å². The zero-order chi connectivity index (χ0) is 10.8. The second-order valence-electron chi connectivity index (χ2n) is 4.93. The molecule has 0 radical (unpaired) electrons. The highest BCUT2D eigenvalue weighted by Gasteiger charge is 2.38. The summed E-state index contributed by atoms with van der Waals surface area (Å²) in [6, 6.07) is 0. The monoisotopic (exact) mass is 199 g/mol. The van der Waals surface area contributed by atoms with Gasteiger partial charge in [-0.15, -0.1) is 0 Å². The lowest BCUT2D eigenvalue weighted by Gasteiger charge is -2.26. The Morgan fingerprint density at radius 1 is 1.57 bits per heavy atom. The maximum atomic E-state index is 11.5. The normalized spacial score (nSPS) is 19.1. The van der Waals surface area contributed by atoms with Crippen molar-refractivity contribution in [2.45, 2.75) is 58.1 Å². The van der Waals surface area contributed by atoms with Crippen molar-refractivity contribution in [3.8, 4) is 0 Å².